The molecule has 7 nitrogen and oxygen atoms in total. The summed E-state index contributed by atoms with van der Waals surface area (Å²) in [6.45, 7) is 9.44. The van der Waals surface area contributed by atoms with Gasteiger partial charge in [0.25, 0.3) is 0 Å². The molecule has 0 bridgehead atoms. The van der Waals surface area contributed by atoms with Crippen LogP contribution in [0.15, 0.2) is 0 Å². The van der Waals surface area contributed by atoms with Crippen molar-refractivity contribution >= 4 is 23.3 Å². The van der Waals surface area contributed by atoms with Gasteiger partial charge in [-0.2, -0.15) is 0 Å². The summed E-state index contributed by atoms with van der Waals surface area (Å²) in [7, 11) is 0. The molecule has 0 aromatic heterocycles. The number of Topliss-reactive ketones (excluding diaryl/α,β-unsaturated/α-hetero) is 3. The minimum Gasteiger partial charge on any atom is -0.379 e. The average molecular weight is 400 g/mol. The number of hydrogen-bond donors (Lipinski definition) is 1. The Bertz CT molecular complexity index is 443. The smallest absolute Gasteiger partial charge is 0.220 e. The fraction of sp³-hybridized carbons (Fsp3) is 0.810. The van der Waals surface area contributed by atoms with E-state index in [9.17, 15) is 19.2 Å². The van der Waals surface area contributed by atoms with Gasteiger partial charge >= 0.3 is 0 Å². The van der Waals surface area contributed by atoms with Crippen molar-refractivity contribution in [1.29, 1.82) is 0 Å². The molecule has 0 aliphatic carbocycles. The van der Waals surface area contributed by atoms with E-state index < -0.39 is 0 Å². The molecule has 1 N–H and O–H groups in total. The molecule has 0 aliphatic rings. The van der Waals surface area contributed by atoms with Gasteiger partial charge in [-0.15, -0.1) is 0 Å². The van der Waals surface area contributed by atoms with E-state index in [1.165, 1.54) is 0 Å². The second-order valence-corrected chi connectivity index (χ2v) is 7.46. The number of amides is 1. The molecular weight excluding hydrogens is 362 g/mol. The van der Waals surface area contributed by atoms with Gasteiger partial charge in [-0.1, -0.05) is 27.7 Å². The Labute approximate surface area is 168 Å². The van der Waals surface area contributed by atoms with Gasteiger partial charge in [0.05, 0.1) is 19.8 Å². The van der Waals surface area contributed by atoms with Crippen LogP contribution in [0, 0.1) is 11.8 Å². The van der Waals surface area contributed by atoms with Crippen molar-refractivity contribution in [3.05, 3.63) is 0 Å². The molecule has 0 saturated heterocycles. The highest BCUT2D eigenvalue weighted by Gasteiger charge is 2.11. The third kappa shape index (κ3) is 15.5. The van der Waals surface area contributed by atoms with Crippen molar-refractivity contribution in [1.82, 2.24) is 5.32 Å². The second kappa shape index (κ2) is 16.4. The van der Waals surface area contributed by atoms with Gasteiger partial charge in [-0.25, -0.2) is 0 Å². The van der Waals surface area contributed by atoms with Crippen molar-refractivity contribution in [2.24, 2.45) is 11.8 Å². The van der Waals surface area contributed by atoms with Crippen LogP contribution < -0.4 is 5.32 Å². The first-order valence-electron chi connectivity index (χ1n) is 10.2. The largest absolute Gasteiger partial charge is 0.379 e. The summed E-state index contributed by atoms with van der Waals surface area (Å²) in [6.07, 6.45) is 2.20. The lowest BCUT2D eigenvalue weighted by atomic mass is 10.0. The van der Waals surface area contributed by atoms with Crippen LogP contribution in [0.4, 0.5) is 0 Å². The zero-order valence-electron chi connectivity index (χ0n) is 17.9. The zero-order valence-corrected chi connectivity index (χ0v) is 17.9. The van der Waals surface area contributed by atoms with E-state index in [2.05, 4.69) is 5.32 Å². The highest BCUT2D eigenvalue weighted by Crippen LogP contribution is 2.05. The van der Waals surface area contributed by atoms with Crippen LogP contribution in [0.3, 0.4) is 0 Å². The van der Waals surface area contributed by atoms with Crippen LogP contribution in [0.25, 0.3) is 0 Å². The van der Waals surface area contributed by atoms with Gasteiger partial charge < -0.3 is 14.8 Å². The first-order chi connectivity index (χ1) is 13.2. The Balaban J connectivity index is 3.42. The predicted octanol–water partition coefficient (Wildman–Crippen LogP) is 2.50. The summed E-state index contributed by atoms with van der Waals surface area (Å²) in [4.78, 5) is 46.1. The van der Waals surface area contributed by atoms with Gasteiger partial charge in [-0.05, 0) is 6.42 Å². The number of hydrogen-bond acceptors (Lipinski definition) is 6. The van der Waals surface area contributed by atoms with Crippen LogP contribution in [-0.4, -0.2) is 56.2 Å². The third-order valence-corrected chi connectivity index (χ3v) is 4.22. The highest BCUT2D eigenvalue weighted by molar-refractivity contribution is 5.87. The van der Waals surface area contributed by atoms with Gasteiger partial charge in [0.2, 0.25) is 5.91 Å². The lowest BCUT2D eigenvalue weighted by Gasteiger charge is -2.08. The summed E-state index contributed by atoms with van der Waals surface area (Å²) in [5.41, 5.74) is 0. The maximum atomic E-state index is 11.7. The normalized spacial score (nSPS) is 11.1. The quantitative estimate of drug-likeness (QED) is 0.356. The summed E-state index contributed by atoms with van der Waals surface area (Å²) in [6, 6.07) is 0. The first kappa shape index (κ1) is 26.4. The van der Waals surface area contributed by atoms with Crippen LogP contribution in [0.5, 0.6) is 0 Å². The standard InChI is InChI=1S/C21H37NO6/c1-16(2)19(24)8-7-18(23)6-5-12-27-14-15-28-13-11-22-21(26)10-9-20(25)17(3)4/h16-17H,5-15H2,1-4H3,(H,22,26). The molecule has 0 radical (unpaired) electrons. The number of ketones is 3. The molecule has 1 amide bonds. The van der Waals surface area contributed by atoms with E-state index in [1.807, 2.05) is 27.7 Å². The molecular formula is C21H37NO6. The van der Waals surface area contributed by atoms with Crippen molar-refractivity contribution in [2.75, 3.05) is 33.0 Å². The number of carbonyl (C=O) groups is 4. The molecule has 0 saturated carbocycles. The molecule has 0 fully saturated rings. The number of carbonyl (C=O) groups excluding carboxylic acids is 4. The lowest BCUT2D eigenvalue weighted by Crippen LogP contribution is -2.28. The van der Waals surface area contributed by atoms with Crippen molar-refractivity contribution in [3.8, 4) is 0 Å². The van der Waals surface area contributed by atoms with E-state index in [1.54, 1.807) is 0 Å². The Morgan fingerprint density at radius 2 is 1.21 bits per heavy atom. The Morgan fingerprint density at radius 1 is 0.679 bits per heavy atom. The Hall–Kier alpha value is -1.60. The van der Waals surface area contributed by atoms with Gasteiger partial charge in [0, 0.05) is 57.1 Å². The van der Waals surface area contributed by atoms with Gasteiger partial charge in [-0.3, -0.25) is 19.2 Å². The SMILES string of the molecule is CC(C)C(=O)CCC(=O)CCCOCCOCCNC(=O)CCC(=O)C(C)C. The molecule has 162 valence electrons. The molecule has 0 unspecified atom stereocenters. The van der Waals surface area contributed by atoms with Crippen molar-refractivity contribution in [2.45, 2.75) is 66.2 Å². The third-order valence-electron chi connectivity index (χ3n) is 4.22. The predicted molar refractivity (Wildman–Crippen MR) is 107 cm³/mol. The highest BCUT2D eigenvalue weighted by atomic mass is 16.5. The second-order valence-electron chi connectivity index (χ2n) is 7.46. The first-order valence-corrected chi connectivity index (χ1v) is 10.2. The van der Waals surface area contributed by atoms with E-state index >= 15 is 0 Å². The molecule has 0 aliphatic heterocycles. The minimum absolute atomic E-state index is 0.0152. The molecule has 7 heteroatoms. The molecule has 0 aromatic carbocycles. The Kier molecular flexibility index (Phi) is 15.4. The number of rotatable bonds is 18. The van der Waals surface area contributed by atoms with E-state index in [0.29, 0.717) is 58.7 Å². The molecule has 0 spiro atoms. The number of ether oxygens (including phenoxy) is 2. The van der Waals surface area contributed by atoms with E-state index in [4.69, 9.17) is 9.47 Å². The fourth-order valence-corrected chi connectivity index (χ4v) is 2.25. The van der Waals surface area contributed by atoms with Crippen molar-refractivity contribution < 1.29 is 28.7 Å². The van der Waals surface area contributed by atoms with E-state index in [0.717, 1.165) is 0 Å². The summed E-state index contributed by atoms with van der Waals surface area (Å²) < 4.78 is 10.7. The summed E-state index contributed by atoms with van der Waals surface area (Å²) in [5.74, 6) is 0.117. The van der Waals surface area contributed by atoms with Gasteiger partial charge in [0.15, 0.2) is 0 Å². The Morgan fingerprint density at radius 3 is 1.79 bits per heavy atom. The lowest BCUT2D eigenvalue weighted by molar-refractivity contribution is -0.126. The number of nitrogens with one attached hydrogen (secondary N) is 1. The maximum Gasteiger partial charge on any atom is 0.220 e. The van der Waals surface area contributed by atoms with E-state index in [-0.39, 0.29) is 47.9 Å². The van der Waals surface area contributed by atoms with Crippen molar-refractivity contribution in [3.63, 3.8) is 0 Å². The van der Waals surface area contributed by atoms with Crippen LogP contribution in [0.2, 0.25) is 0 Å². The average Bonchev–Trinajstić information content (AvgIpc) is 2.65. The topological polar surface area (TPSA) is 98.8 Å². The molecule has 0 rings (SSSR count). The zero-order chi connectivity index (χ0) is 21.4. The molecule has 0 heterocycles. The molecule has 0 atom stereocenters. The van der Waals surface area contributed by atoms with Gasteiger partial charge in [0.1, 0.15) is 17.3 Å². The maximum absolute atomic E-state index is 11.7. The van der Waals surface area contributed by atoms with Crippen LogP contribution >= 0.6 is 0 Å². The summed E-state index contributed by atoms with van der Waals surface area (Å²) in [5, 5.41) is 2.71. The molecule has 0 aromatic rings. The van der Waals surface area contributed by atoms with Crippen LogP contribution in [0.1, 0.15) is 66.2 Å². The fourth-order valence-electron chi connectivity index (χ4n) is 2.25. The monoisotopic (exact) mass is 399 g/mol. The molecule has 28 heavy (non-hydrogen) atoms. The van der Waals surface area contributed by atoms with Crippen LogP contribution in [-0.2, 0) is 28.7 Å². The summed E-state index contributed by atoms with van der Waals surface area (Å²) >= 11 is 0. The minimum atomic E-state index is -0.145.